The van der Waals surface area contributed by atoms with Gasteiger partial charge in [-0.25, -0.2) is 4.79 Å². The van der Waals surface area contributed by atoms with Crippen molar-refractivity contribution in [2.75, 3.05) is 31.1 Å². The van der Waals surface area contributed by atoms with Crippen LogP contribution in [0.1, 0.15) is 31.7 Å². The highest BCUT2D eigenvalue weighted by molar-refractivity contribution is 5.94. The molecule has 2 aliphatic heterocycles. The summed E-state index contributed by atoms with van der Waals surface area (Å²) in [4.78, 5) is 18.6. The molecule has 1 aromatic heterocycles. The van der Waals surface area contributed by atoms with Gasteiger partial charge in [-0.3, -0.25) is 4.98 Å². The molecule has 3 atom stereocenters. The third-order valence-corrected chi connectivity index (χ3v) is 6.02. The van der Waals surface area contributed by atoms with E-state index in [1.165, 1.54) is 12.3 Å². The van der Waals surface area contributed by atoms with E-state index in [1.807, 2.05) is 0 Å². The SMILES string of the molecule is C[C@H]1C[C@@H](NC(=O)N[C@@H]2CCCNC2)CN(c2ccc(C(F)(F)F)c3ncccc23)C1. The largest absolute Gasteiger partial charge is 0.418 e. The third kappa shape index (κ3) is 5.03. The summed E-state index contributed by atoms with van der Waals surface area (Å²) in [5.74, 6) is 0.282. The van der Waals surface area contributed by atoms with Gasteiger partial charge < -0.3 is 20.9 Å². The number of aromatic nitrogens is 1. The number of nitrogens with zero attached hydrogens (tertiary/aromatic N) is 2. The number of carbonyl (C=O) groups is 1. The second-order valence-corrected chi connectivity index (χ2v) is 8.63. The van der Waals surface area contributed by atoms with Crippen LogP contribution in [0.4, 0.5) is 23.7 Å². The van der Waals surface area contributed by atoms with Gasteiger partial charge in [-0.15, -0.1) is 0 Å². The van der Waals surface area contributed by atoms with Crippen LogP contribution in [0.25, 0.3) is 10.9 Å². The van der Waals surface area contributed by atoms with Crippen LogP contribution < -0.4 is 20.9 Å². The van der Waals surface area contributed by atoms with Gasteiger partial charge in [0.15, 0.2) is 0 Å². The van der Waals surface area contributed by atoms with E-state index >= 15 is 0 Å². The summed E-state index contributed by atoms with van der Waals surface area (Å²) in [7, 11) is 0. The Morgan fingerprint density at radius 2 is 2.00 bits per heavy atom. The third-order valence-electron chi connectivity index (χ3n) is 6.02. The molecule has 168 valence electrons. The topological polar surface area (TPSA) is 69.3 Å². The van der Waals surface area contributed by atoms with Crippen LogP contribution in [0, 0.1) is 5.92 Å². The molecule has 2 fully saturated rings. The number of hydrogen-bond acceptors (Lipinski definition) is 4. The van der Waals surface area contributed by atoms with Crippen molar-refractivity contribution < 1.29 is 18.0 Å². The number of halogens is 3. The number of nitrogens with one attached hydrogen (secondary N) is 3. The number of urea groups is 1. The zero-order valence-electron chi connectivity index (χ0n) is 17.5. The summed E-state index contributed by atoms with van der Waals surface area (Å²) in [5, 5.41) is 9.84. The lowest BCUT2D eigenvalue weighted by Gasteiger charge is -2.39. The minimum atomic E-state index is -4.46. The molecule has 0 saturated carbocycles. The number of piperidine rings is 2. The number of amides is 2. The Balaban J connectivity index is 1.52. The number of hydrogen-bond donors (Lipinski definition) is 3. The number of rotatable bonds is 3. The number of fused-ring (bicyclic) bond motifs is 1. The molecule has 0 bridgehead atoms. The van der Waals surface area contributed by atoms with E-state index in [0.717, 1.165) is 38.4 Å². The van der Waals surface area contributed by atoms with Gasteiger partial charge in [-0.2, -0.15) is 13.2 Å². The zero-order valence-corrected chi connectivity index (χ0v) is 17.5. The first-order valence-corrected chi connectivity index (χ1v) is 10.8. The van der Waals surface area contributed by atoms with Gasteiger partial charge in [0.1, 0.15) is 0 Å². The first kappa shape index (κ1) is 21.7. The number of benzene rings is 1. The highest BCUT2D eigenvalue weighted by Crippen LogP contribution is 2.38. The van der Waals surface area contributed by atoms with E-state index < -0.39 is 11.7 Å². The van der Waals surface area contributed by atoms with E-state index in [1.54, 1.807) is 12.1 Å². The Morgan fingerprint density at radius 3 is 2.74 bits per heavy atom. The molecule has 2 aliphatic rings. The lowest BCUT2D eigenvalue weighted by molar-refractivity contribution is -0.136. The van der Waals surface area contributed by atoms with Crippen LogP contribution in [0.5, 0.6) is 0 Å². The summed E-state index contributed by atoms with van der Waals surface area (Å²) in [6.07, 6.45) is -0.262. The van der Waals surface area contributed by atoms with Crippen molar-refractivity contribution in [1.29, 1.82) is 0 Å². The van der Waals surface area contributed by atoms with E-state index in [2.05, 4.69) is 32.8 Å². The Labute approximate surface area is 179 Å². The Kier molecular flexibility index (Phi) is 6.22. The molecule has 1 aromatic carbocycles. The first-order chi connectivity index (χ1) is 14.8. The average molecular weight is 435 g/mol. The molecule has 6 nitrogen and oxygen atoms in total. The lowest BCUT2D eigenvalue weighted by atomic mass is 9.94. The average Bonchev–Trinajstić information content (AvgIpc) is 2.72. The summed E-state index contributed by atoms with van der Waals surface area (Å²) in [6.45, 7) is 5.09. The molecule has 0 aliphatic carbocycles. The zero-order chi connectivity index (χ0) is 22.0. The van der Waals surface area contributed by atoms with Gasteiger partial charge >= 0.3 is 12.2 Å². The van der Waals surface area contributed by atoms with Gasteiger partial charge in [-0.1, -0.05) is 6.92 Å². The maximum absolute atomic E-state index is 13.4. The van der Waals surface area contributed by atoms with Crippen LogP contribution >= 0.6 is 0 Å². The fourth-order valence-corrected chi connectivity index (χ4v) is 4.70. The number of pyridine rings is 1. The van der Waals surface area contributed by atoms with E-state index in [9.17, 15) is 18.0 Å². The summed E-state index contributed by atoms with van der Waals surface area (Å²) in [6, 6.07) is 5.81. The predicted octanol–water partition coefficient (Wildman–Crippen LogP) is 3.52. The highest BCUT2D eigenvalue weighted by Gasteiger charge is 2.35. The van der Waals surface area contributed by atoms with Crippen LogP contribution in [0.3, 0.4) is 0 Å². The predicted molar refractivity (Wildman–Crippen MR) is 114 cm³/mol. The van der Waals surface area contributed by atoms with Gasteiger partial charge in [0.2, 0.25) is 0 Å². The van der Waals surface area contributed by atoms with Crippen molar-refractivity contribution in [2.45, 2.75) is 44.4 Å². The minimum absolute atomic E-state index is 0.0437. The molecule has 0 unspecified atom stereocenters. The van der Waals surface area contributed by atoms with Crippen molar-refractivity contribution in [2.24, 2.45) is 5.92 Å². The monoisotopic (exact) mass is 435 g/mol. The quantitative estimate of drug-likeness (QED) is 0.690. The standard InChI is InChI=1S/C22H28F3N5O/c1-14-10-16(29-21(31)28-15-4-2-8-26-11-15)13-30(12-14)19-7-6-18(22(23,24)25)20-17(19)5-3-9-27-20/h3,5-7,9,14-16,26H,2,4,8,10-13H2,1H3,(H2,28,29,31)/t14-,15+,16+/m0/s1. The maximum Gasteiger partial charge on any atom is 0.418 e. The van der Waals surface area contributed by atoms with Crippen LogP contribution in [-0.4, -0.2) is 49.3 Å². The smallest absolute Gasteiger partial charge is 0.369 e. The second kappa shape index (κ2) is 8.90. The maximum atomic E-state index is 13.4. The first-order valence-electron chi connectivity index (χ1n) is 10.8. The second-order valence-electron chi connectivity index (χ2n) is 8.63. The van der Waals surface area contributed by atoms with Crippen molar-refractivity contribution in [1.82, 2.24) is 20.9 Å². The molecule has 2 amide bonds. The van der Waals surface area contributed by atoms with Crippen LogP contribution in [-0.2, 0) is 6.18 Å². The number of anilines is 1. The van der Waals surface area contributed by atoms with Gasteiger partial charge in [0, 0.05) is 49.0 Å². The summed E-state index contributed by atoms with van der Waals surface area (Å²) >= 11 is 0. The molecule has 4 rings (SSSR count). The molecule has 9 heteroatoms. The van der Waals surface area contributed by atoms with Crippen LogP contribution in [0.15, 0.2) is 30.5 Å². The van der Waals surface area contributed by atoms with Gasteiger partial charge in [0.25, 0.3) is 0 Å². The number of carbonyl (C=O) groups excluding carboxylic acids is 1. The van der Waals surface area contributed by atoms with Gasteiger partial charge in [0.05, 0.1) is 11.1 Å². The Morgan fingerprint density at radius 1 is 1.19 bits per heavy atom. The molecule has 0 spiro atoms. The molecule has 3 heterocycles. The molecule has 31 heavy (non-hydrogen) atoms. The summed E-state index contributed by atoms with van der Waals surface area (Å²) < 4.78 is 40.3. The highest BCUT2D eigenvalue weighted by atomic mass is 19.4. The Hall–Kier alpha value is -2.55. The Bertz CT molecular complexity index is 929. The molecular weight excluding hydrogens is 407 g/mol. The van der Waals surface area contributed by atoms with E-state index in [0.29, 0.717) is 24.2 Å². The lowest BCUT2D eigenvalue weighted by Crippen LogP contribution is -2.55. The van der Waals surface area contributed by atoms with E-state index in [4.69, 9.17) is 0 Å². The molecular formula is C22H28F3N5O. The minimum Gasteiger partial charge on any atom is -0.369 e. The van der Waals surface area contributed by atoms with E-state index in [-0.39, 0.29) is 29.5 Å². The van der Waals surface area contributed by atoms with Crippen molar-refractivity contribution in [3.8, 4) is 0 Å². The fraction of sp³-hybridized carbons (Fsp3) is 0.545. The van der Waals surface area contributed by atoms with Crippen molar-refractivity contribution >= 4 is 22.6 Å². The summed E-state index contributed by atoms with van der Waals surface area (Å²) in [5.41, 5.74) is -0.0591. The number of alkyl halides is 3. The van der Waals surface area contributed by atoms with Crippen molar-refractivity contribution in [3.05, 3.63) is 36.0 Å². The molecule has 2 aromatic rings. The molecule has 3 N–H and O–H groups in total. The fourth-order valence-electron chi connectivity index (χ4n) is 4.70. The van der Waals surface area contributed by atoms with Crippen molar-refractivity contribution in [3.63, 3.8) is 0 Å². The normalized spacial score (nSPS) is 24.8. The molecule has 0 radical (unpaired) electrons. The molecule has 2 saturated heterocycles. The van der Waals surface area contributed by atoms with Crippen LogP contribution in [0.2, 0.25) is 0 Å². The van der Waals surface area contributed by atoms with Gasteiger partial charge in [-0.05, 0) is 56.0 Å².